The average molecular weight is 415 g/mol. The molecular weight excluding hydrogens is 401 g/mol. The SMILES string of the molecule is BN1/C(=C/C=C2\C(=O)c3ccccc3C2=C(C#N)C#N)Sc2c1ccc1ccccc21. The lowest BCUT2D eigenvalue weighted by Crippen LogP contribution is -2.11. The van der Waals surface area contributed by atoms with Gasteiger partial charge in [0.05, 0.1) is 5.03 Å². The summed E-state index contributed by atoms with van der Waals surface area (Å²) in [6.45, 7) is 0. The van der Waals surface area contributed by atoms with E-state index in [1.165, 1.54) is 15.7 Å². The predicted octanol–water partition coefficient (Wildman–Crippen LogP) is 4.77. The number of hydrogen-bond donors (Lipinski definition) is 0. The lowest BCUT2D eigenvalue weighted by Gasteiger charge is -2.14. The average Bonchev–Trinajstić information content (AvgIpc) is 3.28. The van der Waals surface area contributed by atoms with Crippen molar-refractivity contribution in [2.45, 2.75) is 4.90 Å². The monoisotopic (exact) mass is 415 g/mol. The van der Waals surface area contributed by atoms with Crippen LogP contribution in [0.25, 0.3) is 16.3 Å². The van der Waals surface area contributed by atoms with Crippen LogP contribution in [0.3, 0.4) is 0 Å². The van der Waals surface area contributed by atoms with Crippen LogP contribution in [0.1, 0.15) is 15.9 Å². The van der Waals surface area contributed by atoms with Crippen LogP contribution in [0, 0.1) is 22.7 Å². The van der Waals surface area contributed by atoms with Crippen molar-refractivity contribution in [3.63, 3.8) is 0 Å². The van der Waals surface area contributed by atoms with Gasteiger partial charge in [-0.15, -0.1) is 0 Å². The molecule has 0 fully saturated rings. The van der Waals surface area contributed by atoms with Gasteiger partial charge in [-0.1, -0.05) is 66.4 Å². The normalized spacial score (nSPS) is 17.0. The molecular formula is C25H14BN3OS. The van der Waals surface area contributed by atoms with E-state index in [1.54, 1.807) is 36.0 Å². The molecule has 1 aliphatic carbocycles. The van der Waals surface area contributed by atoms with E-state index in [1.807, 2.05) is 44.4 Å². The molecule has 0 spiro atoms. The molecule has 0 bridgehead atoms. The first-order chi connectivity index (χ1) is 15.1. The quantitative estimate of drug-likeness (QED) is 0.326. The van der Waals surface area contributed by atoms with Gasteiger partial charge in [0, 0.05) is 27.3 Å². The summed E-state index contributed by atoms with van der Waals surface area (Å²) in [6, 6.07) is 23.5. The number of nitriles is 2. The van der Waals surface area contributed by atoms with Crippen molar-refractivity contribution in [1.29, 1.82) is 10.5 Å². The lowest BCUT2D eigenvalue weighted by molar-refractivity contribution is 0.104. The van der Waals surface area contributed by atoms with Crippen molar-refractivity contribution in [1.82, 2.24) is 0 Å². The van der Waals surface area contributed by atoms with Crippen LogP contribution in [-0.2, 0) is 0 Å². The summed E-state index contributed by atoms with van der Waals surface area (Å²) in [5, 5.41) is 22.3. The number of carbonyl (C=O) groups excluding carboxylic acids is 1. The Labute approximate surface area is 184 Å². The first kappa shape index (κ1) is 19.0. The number of hydrogen-bond acceptors (Lipinski definition) is 5. The number of carbonyl (C=O) groups is 1. The first-order valence-electron chi connectivity index (χ1n) is 9.68. The van der Waals surface area contributed by atoms with Crippen molar-refractivity contribution in [2.75, 3.05) is 4.81 Å². The highest BCUT2D eigenvalue weighted by molar-refractivity contribution is 8.04. The van der Waals surface area contributed by atoms with Crippen LogP contribution >= 0.6 is 11.8 Å². The van der Waals surface area contributed by atoms with Gasteiger partial charge < -0.3 is 4.81 Å². The molecule has 4 nitrogen and oxygen atoms in total. The Hall–Kier alpha value is -4.00. The fourth-order valence-electron chi connectivity index (χ4n) is 4.06. The highest BCUT2D eigenvalue weighted by atomic mass is 32.2. The number of fused-ring (bicyclic) bond motifs is 4. The van der Waals surface area contributed by atoms with Crippen LogP contribution in [-0.4, -0.2) is 13.8 Å². The summed E-state index contributed by atoms with van der Waals surface area (Å²) in [6.07, 6.45) is 3.63. The number of rotatable bonds is 1. The van der Waals surface area contributed by atoms with Crippen molar-refractivity contribution >= 4 is 47.6 Å². The van der Waals surface area contributed by atoms with Gasteiger partial charge in [-0.05, 0) is 34.6 Å². The van der Waals surface area contributed by atoms with Gasteiger partial charge in [-0.3, -0.25) is 4.79 Å². The molecule has 31 heavy (non-hydrogen) atoms. The molecule has 5 rings (SSSR count). The number of allylic oxidation sites excluding steroid dienone is 5. The standard InChI is InChI=1S/C25H14BN3OS/c26-29-21-11-9-15-5-1-2-6-17(15)25(21)31-22(29)12-10-20-23(16(13-27)14-28)18-7-3-4-8-19(18)24(20)30/h1-12H,26H2/b20-10-,22-12-. The van der Waals surface area contributed by atoms with Gasteiger partial charge in [0.2, 0.25) is 7.98 Å². The zero-order chi connectivity index (χ0) is 21.5. The Morgan fingerprint density at radius 3 is 2.42 bits per heavy atom. The lowest BCUT2D eigenvalue weighted by atomic mass is 9.99. The van der Waals surface area contributed by atoms with Gasteiger partial charge >= 0.3 is 0 Å². The third-order valence-corrected chi connectivity index (χ3v) is 6.83. The second-order valence-electron chi connectivity index (χ2n) is 7.23. The molecule has 0 unspecified atom stereocenters. The van der Waals surface area contributed by atoms with Crippen LogP contribution in [0.5, 0.6) is 0 Å². The van der Waals surface area contributed by atoms with Gasteiger partial charge in [-0.2, -0.15) is 10.5 Å². The maximum Gasteiger partial charge on any atom is 0.224 e. The molecule has 3 aromatic carbocycles. The molecule has 2 aliphatic rings. The summed E-state index contributed by atoms with van der Waals surface area (Å²) in [5.41, 5.74) is 3.01. The van der Waals surface area contributed by atoms with E-state index in [-0.39, 0.29) is 11.4 Å². The highest BCUT2D eigenvalue weighted by Crippen LogP contribution is 2.48. The summed E-state index contributed by atoms with van der Waals surface area (Å²) >= 11 is 1.65. The zero-order valence-electron chi connectivity index (χ0n) is 16.6. The van der Waals surface area contributed by atoms with Gasteiger partial charge in [-0.25, -0.2) is 0 Å². The second kappa shape index (κ2) is 7.36. The fourth-order valence-corrected chi connectivity index (χ4v) is 5.25. The third kappa shape index (κ3) is 2.89. The highest BCUT2D eigenvalue weighted by Gasteiger charge is 2.32. The van der Waals surface area contributed by atoms with E-state index in [2.05, 4.69) is 29.1 Å². The van der Waals surface area contributed by atoms with Gasteiger partial charge in [0.15, 0.2) is 5.78 Å². The molecule has 6 heteroatoms. The summed E-state index contributed by atoms with van der Waals surface area (Å²) in [7, 11) is 2.00. The minimum Gasteiger partial charge on any atom is -0.387 e. The smallest absolute Gasteiger partial charge is 0.224 e. The fraction of sp³-hybridized carbons (Fsp3) is 0. The minimum atomic E-state index is -0.168. The van der Waals surface area contributed by atoms with Gasteiger partial charge in [0.1, 0.15) is 17.7 Å². The molecule has 0 atom stereocenters. The number of ketones is 1. The van der Waals surface area contributed by atoms with E-state index < -0.39 is 0 Å². The van der Waals surface area contributed by atoms with E-state index in [0.29, 0.717) is 22.3 Å². The van der Waals surface area contributed by atoms with E-state index >= 15 is 0 Å². The van der Waals surface area contributed by atoms with Crippen molar-refractivity contribution in [3.8, 4) is 12.1 Å². The molecule has 0 saturated carbocycles. The molecule has 0 saturated heterocycles. The largest absolute Gasteiger partial charge is 0.387 e. The Balaban J connectivity index is 1.62. The number of thioether (sulfide) groups is 1. The number of nitrogens with zero attached hydrogens (tertiary/aromatic N) is 3. The summed E-state index contributed by atoms with van der Waals surface area (Å²) in [4.78, 5) is 16.3. The summed E-state index contributed by atoms with van der Waals surface area (Å²) in [5.74, 6) is -0.168. The van der Waals surface area contributed by atoms with Crippen molar-refractivity contribution < 1.29 is 4.79 Å². The number of anilines is 1. The van der Waals surface area contributed by atoms with E-state index in [9.17, 15) is 15.3 Å². The Morgan fingerprint density at radius 2 is 1.65 bits per heavy atom. The van der Waals surface area contributed by atoms with Crippen LogP contribution in [0.15, 0.2) is 93.9 Å². The second-order valence-corrected chi connectivity index (χ2v) is 8.26. The first-order valence-corrected chi connectivity index (χ1v) is 10.5. The Kier molecular flexibility index (Phi) is 4.51. The number of Topliss-reactive ketones (excluding diaryl/α,β-unsaturated/α-hetero) is 1. The third-order valence-electron chi connectivity index (χ3n) is 5.58. The van der Waals surface area contributed by atoms with E-state index in [0.717, 1.165) is 10.7 Å². The Bertz CT molecular complexity index is 1450. The number of benzene rings is 3. The molecule has 0 radical (unpaired) electrons. The molecule has 1 heterocycles. The van der Waals surface area contributed by atoms with Crippen LogP contribution < -0.4 is 4.81 Å². The Morgan fingerprint density at radius 1 is 0.935 bits per heavy atom. The minimum absolute atomic E-state index is 0.0512. The molecule has 0 aromatic heterocycles. The maximum absolute atomic E-state index is 13.1. The van der Waals surface area contributed by atoms with Crippen LogP contribution in [0.2, 0.25) is 0 Å². The van der Waals surface area contributed by atoms with Crippen LogP contribution in [0.4, 0.5) is 5.69 Å². The molecule has 0 N–H and O–H groups in total. The van der Waals surface area contributed by atoms with Gasteiger partial charge in [0.25, 0.3) is 0 Å². The summed E-state index contributed by atoms with van der Waals surface area (Å²) < 4.78 is 0. The topological polar surface area (TPSA) is 67.9 Å². The molecule has 0 amide bonds. The molecule has 144 valence electrons. The van der Waals surface area contributed by atoms with Crippen molar-refractivity contribution in [3.05, 3.63) is 100 Å². The zero-order valence-corrected chi connectivity index (χ0v) is 17.4. The molecule has 1 aliphatic heterocycles. The van der Waals surface area contributed by atoms with E-state index in [4.69, 9.17) is 0 Å². The predicted molar refractivity (Wildman–Crippen MR) is 126 cm³/mol. The molecule has 3 aromatic rings. The maximum atomic E-state index is 13.1. The van der Waals surface area contributed by atoms with Crippen molar-refractivity contribution in [2.24, 2.45) is 0 Å².